The highest BCUT2D eigenvalue weighted by Gasteiger charge is 2.40. The summed E-state index contributed by atoms with van der Waals surface area (Å²) in [5.74, 6) is 0.704. The van der Waals surface area contributed by atoms with Gasteiger partial charge in [-0.05, 0) is 30.4 Å². The molecule has 3 N–H and O–H groups in total. The SMILES string of the molecule is CC(CCO)CNC(=O)NC1CC1c1ccccc1Br. The number of rotatable bonds is 6. The van der Waals surface area contributed by atoms with Gasteiger partial charge in [-0.25, -0.2) is 4.79 Å². The van der Waals surface area contributed by atoms with E-state index in [4.69, 9.17) is 5.11 Å². The molecule has 5 heteroatoms. The second-order valence-corrected chi connectivity index (χ2v) is 6.30. The molecule has 1 fully saturated rings. The van der Waals surface area contributed by atoms with Gasteiger partial charge in [0.05, 0.1) is 0 Å². The predicted molar refractivity (Wildman–Crippen MR) is 82.7 cm³/mol. The van der Waals surface area contributed by atoms with E-state index in [1.54, 1.807) is 0 Å². The standard InChI is InChI=1S/C15H21BrN2O2/c1-10(6-7-19)9-17-15(20)18-14-8-12(14)11-4-2-3-5-13(11)16/h2-5,10,12,14,19H,6-9H2,1H3,(H2,17,18,20). The second-order valence-electron chi connectivity index (χ2n) is 5.44. The molecule has 1 aromatic rings. The lowest BCUT2D eigenvalue weighted by molar-refractivity contribution is 0.233. The number of amides is 2. The fourth-order valence-electron chi connectivity index (χ4n) is 2.28. The molecule has 0 bridgehead atoms. The summed E-state index contributed by atoms with van der Waals surface area (Å²) in [6.45, 7) is 2.77. The van der Waals surface area contributed by atoms with Crippen molar-refractivity contribution >= 4 is 22.0 Å². The maximum absolute atomic E-state index is 11.8. The minimum atomic E-state index is -0.116. The molecular formula is C15H21BrN2O2. The molecule has 2 amide bonds. The average Bonchev–Trinajstić information content (AvgIpc) is 3.16. The van der Waals surface area contributed by atoms with Crippen molar-refractivity contribution in [2.75, 3.05) is 13.2 Å². The van der Waals surface area contributed by atoms with Gasteiger partial charge < -0.3 is 15.7 Å². The largest absolute Gasteiger partial charge is 0.396 e. The molecule has 1 aliphatic carbocycles. The van der Waals surface area contributed by atoms with Crippen molar-refractivity contribution in [2.24, 2.45) is 5.92 Å². The van der Waals surface area contributed by atoms with E-state index in [0.717, 1.165) is 10.9 Å². The fraction of sp³-hybridized carbons (Fsp3) is 0.533. The number of hydrogen-bond acceptors (Lipinski definition) is 2. The smallest absolute Gasteiger partial charge is 0.315 e. The van der Waals surface area contributed by atoms with Crippen LogP contribution in [-0.4, -0.2) is 30.3 Å². The van der Waals surface area contributed by atoms with E-state index in [1.165, 1.54) is 5.56 Å². The lowest BCUT2D eigenvalue weighted by Crippen LogP contribution is -2.39. The molecule has 0 aromatic heterocycles. The highest BCUT2D eigenvalue weighted by atomic mass is 79.9. The van der Waals surface area contributed by atoms with Crippen LogP contribution in [0.4, 0.5) is 4.79 Å². The Bertz CT molecular complexity index is 467. The molecular weight excluding hydrogens is 320 g/mol. The highest BCUT2D eigenvalue weighted by Crippen LogP contribution is 2.43. The Labute approximate surface area is 128 Å². The zero-order valence-electron chi connectivity index (χ0n) is 11.6. The summed E-state index contributed by atoms with van der Waals surface area (Å²) >= 11 is 3.55. The number of hydrogen-bond donors (Lipinski definition) is 3. The van der Waals surface area contributed by atoms with E-state index < -0.39 is 0 Å². The van der Waals surface area contributed by atoms with E-state index >= 15 is 0 Å². The Hall–Kier alpha value is -1.07. The highest BCUT2D eigenvalue weighted by molar-refractivity contribution is 9.10. The van der Waals surface area contributed by atoms with Gasteiger partial charge in [0, 0.05) is 29.6 Å². The molecule has 110 valence electrons. The van der Waals surface area contributed by atoms with Gasteiger partial charge in [-0.3, -0.25) is 0 Å². The average molecular weight is 341 g/mol. The molecule has 0 aliphatic heterocycles. The van der Waals surface area contributed by atoms with Crippen LogP contribution in [0.5, 0.6) is 0 Å². The van der Waals surface area contributed by atoms with Gasteiger partial charge in [0.15, 0.2) is 0 Å². The maximum atomic E-state index is 11.8. The molecule has 4 nitrogen and oxygen atoms in total. The molecule has 2 rings (SSSR count). The van der Waals surface area contributed by atoms with Crippen LogP contribution in [-0.2, 0) is 0 Å². The van der Waals surface area contributed by atoms with Crippen molar-refractivity contribution < 1.29 is 9.90 Å². The van der Waals surface area contributed by atoms with E-state index in [9.17, 15) is 4.79 Å². The molecule has 1 saturated carbocycles. The van der Waals surface area contributed by atoms with Crippen LogP contribution in [0.3, 0.4) is 0 Å². The number of aliphatic hydroxyl groups excluding tert-OH is 1. The Morgan fingerprint density at radius 1 is 1.50 bits per heavy atom. The van der Waals surface area contributed by atoms with Crippen molar-refractivity contribution in [2.45, 2.75) is 31.7 Å². The number of benzene rings is 1. The molecule has 0 heterocycles. The van der Waals surface area contributed by atoms with Crippen molar-refractivity contribution in [1.29, 1.82) is 0 Å². The number of halogens is 1. The zero-order chi connectivity index (χ0) is 14.5. The summed E-state index contributed by atoms with van der Waals surface area (Å²) in [6, 6.07) is 8.25. The summed E-state index contributed by atoms with van der Waals surface area (Å²) in [4.78, 5) is 11.8. The topological polar surface area (TPSA) is 61.4 Å². The maximum Gasteiger partial charge on any atom is 0.315 e. The number of carbonyl (C=O) groups is 1. The first kappa shape index (κ1) is 15.3. The molecule has 0 spiro atoms. The van der Waals surface area contributed by atoms with Crippen LogP contribution in [0.1, 0.15) is 31.2 Å². The first-order valence-electron chi connectivity index (χ1n) is 7.01. The molecule has 0 radical (unpaired) electrons. The van der Waals surface area contributed by atoms with Gasteiger partial charge in [-0.15, -0.1) is 0 Å². The van der Waals surface area contributed by atoms with Crippen LogP contribution in [0.15, 0.2) is 28.7 Å². The third-order valence-corrected chi connectivity index (χ3v) is 4.37. The van der Waals surface area contributed by atoms with Crippen molar-refractivity contribution in [3.05, 3.63) is 34.3 Å². The van der Waals surface area contributed by atoms with Gasteiger partial charge in [-0.2, -0.15) is 0 Å². The number of aliphatic hydroxyl groups is 1. The first-order chi connectivity index (χ1) is 9.61. The lowest BCUT2D eigenvalue weighted by atomic mass is 10.1. The minimum absolute atomic E-state index is 0.116. The Balaban J connectivity index is 1.74. The van der Waals surface area contributed by atoms with E-state index in [0.29, 0.717) is 24.8 Å². The minimum Gasteiger partial charge on any atom is -0.396 e. The monoisotopic (exact) mass is 340 g/mol. The van der Waals surface area contributed by atoms with E-state index in [1.807, 2.05) is 25.1 Å². The van der Waals surface area contributed by atoms with Gasteiger partial charge in [0.2, 0.25) is 0 Å². The summed E-state index contributed by atoms with van der Waals surface area (Å²) in [6.07, 6.45) is 1.70. The summed E-state index contributed by atoms with van der Waals surface area (Å²) in [7, 11) is 0. The molecule has 3 unspecified atom stereocenters. The Kier molecular flexibility index (Phi) is 5.43. The van der Waals surface area contributed by atoms with Crippen LogP contribution in [0.25, 0.3) is 0 Å². The number of carbonyl (C=O) groups excluding carboxylic acids is 1. The third-order valence-electron chi connectivity index (χ3n) is 3.64. The number of nitrogens with one attached hydrogen (secondary N) is 2. The number of urea groups is 1. The second kappa shape index (κ2) is 7.09. The fourth-order valence-corrected chi connectivity index (χ4v) is 2.86. The van der Waals surface area contributed by atoms with Crippen molar-refractivity contribution in [1.82, 2.24) is 10.6 Å². The van der Waals surface area contributed by atoms with Gasteiger partial charge in [0.1, 0.15) is 0 Å². The molecule has 1 aromatic carbocycles. The quantitative estimate of drug-likeness (QED) is 0.745. The summed E-state index contributed by atoms with van der Waals surface area (Å²) in [5.41, 5.74) is 1.26. The van der Waals surface area contributed by atoms with E-state index in [-0.39, 0.29) is 18.7 Å². The van der Waals surface area contributed by atoms with Crippen LogP contribution < -0.4 is 10.6 Å². The zero-order valence-corrected chi connectivity index (χ0v) is 13.2. The van der Waals surface area contributed by atoms with Gasteiger partial charge >= 0.3 is 6.03 Å². The molecule has 1 aliphatic rings. The predicted octanol–water partition coefficient (Wildman–Crippen LogP) is 2.62. The van der Waals surface area contributed by atoms with Gasteiger partial charge in [-0.1, -0.05) is 41.1 Å². The summed E-state index contributed by atoms with van der Waals surface area (Å²) < 4.78 is 1.10. The summed E-state index contributed by atoms with van der Waals surface area (Å²) in [5, 5.41) is 14.7. The van der Waals surface area contributed by atoms with Crippen molar-refractivity contribution in [3.63, 3.8) is 0 Å². The van der Waals surface area contributed by atoms with Crippen LogP contribution in [0.2, 0.25) is 0 Å². The van der Waals surface area contributed by atoms with Crippen LogP contribution in [0, 0.1) is 5.92 Å². The molecule has 0 saturated heterocycles. The Morgan fingerprint density at radius 3 is 2.95 bits per heavy atom. The Morgan fingerprint density at radius 2 is 2.25 bits per heavy atom. The first-order valence-corrected chi connectivity index (χ1v) is 7.80. The molecule has 20 heavy (non-hydrogen) atoms. The van der Waals surface area contributed by atoms with Gasteiger partial charge in [0.25, 0.3) is 0 Å². The molecule has 3 atom stereocenters. The normalized spacial score (nSPS) is 22.1. The van der Waals surface area contributed by atoms with Crippen LogP contribution >= 0.6 is 15.9 Å². The van der Waals surface area contributed by atoms with Crippen molar-refractivity contribution in [3.8, 4) is 0 Å². The van der Waals surface area contributed by atoms with E-state index in [2.05, 4.69) is 32.6 Å². The lowest BCUT2D eigenvalue weighted by Gasteiger charge is -2.12. The third kappa shape index (κ3) is 4.21.